The molecule has 1 aliphatic heterocycles. The predicted octanol–water partition coefficient (Wildman–Crippen LogP) is 5.12. The first-order valence-electron chi connectivity index (χ1n) is 14.4. The summed E-state index contributed by atoms with van der Waals surface area (Å²) in [6, 6.07) is 17.2. The van der Waals surface area contributed by atoms with Crippen LogP contribution in [0.5, 0.6) is 5.75 Å². The Hall–Kier alpha value is -5.69. The van der Waals surface area contributed by atoms with Crippen molar-refractivity contribution in [3.63, 3.8) is 0 Å². The number of pyridine rings is 2. The number of aromatic nitrogens is 2. The summed E-state index contributed by atoms with van der Waals surface area (Å²) in [5.74, 6) is -1.79. The SMILES string of the molecule is COc1cc(F)c(-c2cnc(N3CCC(NCc4ccc(/C=C/C(=O)NO)cc4)CC3)c(F)c2-c2ccc(C#N)nc2)cc1C#N. The third-order valence-corrected chi connectivity index (χ3v) is 7.77. The van der Waals surface area contributed by atoms with E-state index in [1.807, 2.05) is 41.3 Å². The summed E-state index contributed by atoms with van der Waals surface area (Å²) < 4.78 is 36.9. The van der Waals surface area contributed by atoms with E-state index in [1.54, 1.807) is 17.6 Å². The molecule has 2 aromatic heterocycles. The normalized spacial score (nSPS) is 13.3. The number of amides is 1. The van der Waals surface area contributed by atoms with Crippen LogP contribution < -0.4 is 20.4 Å². The van der Waals surface area contributed by atoms with E-state index in [0.717, 1.165) is 30.0 Å². The fraction of sp³-hybridized carbons (Fsp3) is 0.206. The van der Waals surface area contributed by atoms with Crippen LogP contribution in [0, 0.1) is 34.3 Å². The van der Waals surface area contributed by atoms with Gasteiger partial charge in [0, 0.05) is 72.5 Å². The zero-order valence-electron chi connectivity index (χ0n) is 24.8. The summed E-state index contributed by atoms with van der Waals surface area (Å²) in [5.41, 5.74) is 4.17. The highest BCUT2D eigenvalue weighted by Crippen LogP contribution is 2.40. The molecule has 46 heavy (non-hydrogen) atoms. The summed E-state index contributed by atoms with van der Waals surface area (Å²) in [6.45, 7) is 1.68. The van der Waals surface area contributed by atoms with Crippen LogP contribution >= 0.6 is 0 Å². The second-order valence-electron chi connectivity index (χ2n) is 10.6. The molecule has 1 amide bonds. The summed E-state index contributed by atoms with van der Waals surface area (Å²) in [6.07, 6.45) is 7.05. The summed E-state index contributed by atoms with van der Waals surface area (Å²) >= 11 is 0. The molecule has 232 valence electrons. The van der Waals surface area contributed by atoms with Gasteiger partial charge in [0.1, 0.15) is 29.4 Å². The van der Waals surface area contributed by atoms with Gasteiger partial charge in [-0.05, 0) is 48.2 Å². The van der Waals surface area contributed by atoms with Crippen molar-refractivity contribution in [2.45, 2.75) is 25.4 Å². The molecule has 0 atom stereocenters. The Kier molecular flexibility index (Phi) is 9.93. The van der Waals surface area contributed by atoms with E-state index in [9.17, 15) is 15.3 Å². The van der Waals surface area contributed by atoms with Crippen LogP contribution in [-0.2, 0) is 11.3 Å². The summed E-state index contributed by atoms with van der Waals surface area (Å²) in [4.78, 5) is 21.5. The molecule has 0 aliphatic carbocycles. The molecule has 0 saturated carbocycles. The Morgan fingerprint density at radius 1 is 1.07 bits per heavy atom. The summed E-state index contributed by atoms with van der Waals surface area (Å²) in [5, 5.41) is 30.9. The topological polar surface area (TPSA) is 147 Å². The molecular weight excluding hydrogens is 592 g/mol. The number of hydroxylamine groups is 1. The van der Waals surface area contributed by atoms with Gasteiger partial charge >= 0.3 is 0 Å². The number of methoxy groups -OCH3 is 1. The van der Waals surface area contributed by atoms with E-state index >= 15 is 8.78 Å². The van der Waals surface area contributed by atoms with Gasteiger partial charge < -0.3 is 15.0 Å². The number of piperidine rings is 1. The number of benzene rings is 2. The molecule has 0 spiro atoms. The molecule has 1 saturated heterocycles. The number of hydrogen-bond acceptors (Lipinski definition) is 9. The molecule has 3 N–H and O–H groups in total. The zero-order chi connectivity index (χ0) is 32.6. The van der Waals surface area contributed by atoms with Gasteiger partial charge in [0.2, 0.25) is 0 Å². The van der Waals surface area contributed by atoms with Crippen LogP contribution in [-0.4, -0.2) is 47.3 Å². The van der Waals surface area contributed by atoms with Gasteiger partial charge in [0.05, 0.1) is 12.7 Å². The van der Waals surface area contributed by atoms with E-state index in [-0.39, 0.29) is 45.6 Å². The number of carbonyl (C=O) groups is 1. The lowest BCUT2D eigenvalue weighted by molar-refractivity contribution is -0.124. The van der Waals surface area contributed by atoms with Crippen LogP contribution in [0.2, 0.25) is 0 Å². The van der Waals surface area contributed by atoms with E-state index < -0.39 is 17.5 Å². The Bertz CT molecular complexity index is 1840. The maximum absolute atomic E-state index is 16.5. The molecule has 0 bridgehead atoms. The van der Waals surface area contributed by atoms with Crippen LogP contribution in [0.15, 0.2) is 67.0 Å². The predicted molar refractivity (Wildman–Crippen MR) is 166 cm³/mol. The number of ether oxygens (including phenoxy) is 1. The average molecular weight is 622 g/mol. The van der Waals surface area contributed by atoms with Crippen LogP contribution in [0.25, 0.3) is 28.3 Å². The van der Waals surface area contributed by atoms with Crippen molar-refractivity contribution in [2.24, 2.45) is 0 Å². The Morgan fingerprint density at radius 3 is 2.46 bits per heavy atom. The first kappa shape index (κ1) is 31.7. The third-order valence-electron chi connectivity index (χ3n) is 7.77. The van der Waals surface area contributed by atoms with Gasteiger partial charge in [0.15, 0.2) is 11.6 Å². The van der Waals surface area contributed by atoms with Crippen LogP contribution in [0.3, 0.4) is 0 Å². The molecule has 3 heterocycles. The highest BCUT2D eigenvalue weighted by atomic mass is 19.1. The zero-order valence-corrected chi connectivity index (χ0v) is 24.8. The van der Waals surface area contributed by atoms with Gasteiger partial charge in [-0.15, -0.1) is 0 Å². The van der Waals surface area contributed by atoms with Gasteiger partial charge in [-0.1, -0.05) is 24.3 Å². The number of nitriles is 2. The molecule has 5 rings (SSSR count). The molecule has 0 unspecified atom stereocenters. The van der Waals surface area contributed by atoms with E-state index in [1.165, 1.54) is 37.7 Å². The first-order chi connectivity index (χ1) is 22.3. The summed E-state index contributed by atoms with van der Waals surface area (Å²) in [7, 11) is 1.33. The molecule has 12 heteroatoms. The standard InChI is InChI=1S/C34H29F2N7O3/c1-46-30-15-29(35)27(14-24(30)16-37)28-20-41-34(33(36)32(28)23-7-8-26(17-38)40-19-23)43-12-10-25(11-13-43)39-18-22-4-2-21(3-5-22)6-9-31(44)42-45/h2-9,14-15,19-20,25,39,45H,10-13,18H2,1H3,(H,42,44)/b9-6+. The second-order valence-corrected chi connectivity index (χ2v) is 10.6. The highest BCUT2D eigenvalue weighted by molar-refractivity contribution is 5.90. The molecule has 10 nitrogen and oxygen atoms in total. The molecule has 1 fully saturated rings. The largest absolute Gasteiger partial charge is 0.495 e. The van der Waals surface area contributed by atoms with Gasteiger partial charge in [-0.2, -0.15) is 10.5 Å². The van der Waals surface area contributed by atoms with Crippen LogP contribution in [0.1, 0.15) is 35.2 Å². The van der Waals surface area contributed by atoms with Crippen molar-refractivity contribution in [1.82, 2.24) is 20.8 Å². The van der Waals surface area contributed by atoms with E-state index in [2.05, 4.69) is 15.3 Å². The fourth-order valence-electron chi connectivity index (χ4n) is 5.32. The van der Waals surface area contributed by atoms with Crippen molar-refractivity contribution in [3.05, 3.63) is 101 Å². The number of hydrogen-bond donors (Lipinski definition) is 3. The highest BCUT2D eigenvalue weighted by Gasteiger charge is 2.27. The lowest BCUT2D eigenvalue weighted by atomic mass is 9.94. The minimum absolute atomic E-state index is 0.0164. The smallest absolute Gasteiger partial charge is 0.267 e. The number of nitrogens with one attached hydrogen (secondary N) is 2. The van der Waals surface area contributed by atoms with Crippen molar-refractivity contribution >= 4 is 17.8 Å². The number of anilines is 1. The van der Waals surface area contributed by atoms with Crippen molar-refractivity contribution in [1.29, 1.82) is 10.5 Å². The van der Waals surface area contributed by atoms with Crippen LogP contribution in [0.4, 0.5) is 14.6 Å². The molecule has 0 radical (unpaired) electrons. The fourth-order valence-corrected chi connectivity index (χ4v) is 5.32. The number of carbonyl (C=O) groups excluding carboxylic acids is 1. The quantitative estimate of drug-likeness (QED) is 0.132. The van der Waals surface area contributed by atoms with Gasteiger partial charge in [-0.3, -0.25) is 10.0 Å². The first-order valence-corrected chi connectivity index (χ1v) is 14.4. The minimum atomic E-state index is -0.709. The lowest BCUT2D eigenvalue weighted by Gasteiger charge is -2.34. The average Bonchev–Trinajstić information content (AvgIpc) is 3.10. The third kappa shape index (κ3) is 7.00. The Balaban J connectivity index is 1.35. The molecule has 1 aliphatic rings. The van der Waals surface area contributed by atoms with E-state index in [0.29, 0.717) is 25.2 Å². The molecule has 4 aromatic rings. The number of rotatable bonds is 9. The maximum Gasteiger partial charge on any atom is 0.267 e. The Labute approximate surface area is 264 Å². The van der Waals surface area contributed by atoms with Crippen molar-refractivity contribution in [3.8, 4) is 40.1 Å². The second kappa shape index (κ2) is 14.4. The van der Waals surface area contributed by atoms with E-state index in [4.69, 9.17) is 9.94 Å². The number of nitrogens with zero attached hydrogens (tertiary/aromatic N) is 5. The number of halogens is 2. The van der Waals surface area contributed by atoms with Gasteiger partial charge in [-0.25, -0.2) is 24.2 Å². The minimum Gasteiger partial charge on any atom is -0.495 e. The monoisotopic (exact) mass is 621 g/mol. The van der Waals surface area contributed by atoms with Gasteiger partial charge in [0.25, 0.3) is 5.91 Å². The van der Waals surface area contributed by atoms with Crippen molar-refractivity contribution in [2.75, 3.05) is 25.1 Å². The maximum atomic E-state index is 16.5. The van der Waals surface area contributed by atoms with Crippen molar-refractivity contribution < 1.29 is 23.5 Å². The molecular formula is C34H29F2N7O3. The molecule has 2 aromatic carbocycles. The lowest BCUT2D eigenvalue weighted by Crippen LogP contribution is -2.43. The Morgan fingerprint density at radius 2 is 1.83 bits per heavy atom.